The summed E-state index contributed by atoms with van der Waals surface area (Å²) in [5.74, 6) is 0.606. The van der Waals surface area contributed by atoms with Crippen LogP contribution in [0.2, 0.25) is 5.02 Å². The van der Waals surface area contributed by atoms with E-state index < -0.39 is 0 Å². The number of nitrogens with zero attached hydrogens (tertiary/aromatic N) is 2. The van der Waals surface area contributed by atoms with Crippen molar-refractivity contribution in [3.8, 4) is 0 Å². The minimum absolute atomic E-state index is 0.0479. The van der Waals surface area contributed by atoms with Gasteiger partial charge >= 0.3 is 0 Å². The lowest BCUT2D eigenvalue weighted by Crippen LogP contribution is -2.42. The molecule has 25 heavy (non-hydrogen) atoms. The lowest BCUT2D eigenvalue weighted by Gasteiger charge is -2.43. The summed E-state index contributed by atoms with van der Waals surface area (Å²) in [6, 6.07) is 8.75. The van der Waals surface area contributed by atoms with Gasteiger partial charge < -0.3 is 4.90 Å². The maximum Gasteiger partial charge on any atom is 0.0542 e. The van der Waals surface area contributed by atoms with Gasteiger partial charge in [-0.2, -0.15) is 0 Å². The minimum atomic E-state index is -0.0479. The average molecular weight is 420 g/mol. The monoisotopic (exact) mass is 418 g/mol. The van der Waals surface area contributed by atoms with Crippen molar-refractivity contribution in [1.29, 1.82) is 0 Å². The number of pyridine rings is 1. The summed E-state index contributed by atoms with van der Waals surface area (Å²) >= 11 is 9.95. The van der Waals surface area contributed by atoms with Crippen molar-refractivity contribution in [1.82, 2.24) is 9.88 Å². The number of benzene rings is 1. The van der Waals surface area contributed by atoms with E-state index in [0.717, 1.165) is 35.4 Å². The molecule has 2 nitrogen and oxygen atoms in total. The molecule has 1 aliphatic heterocycles. The molecular weight excluding hydrogens is 396 g/mol. The van der Waals surface area contributed by atoms with Crippen LogP contribution in [0.3, 0.4) is 0 Å². The Bertz CT molecular complexity index is 743. The van der Waals surface area contributed by atoms with Crippen LogP contribution < -0.4 is 0 Å². The summed E-state index contributed by atoms with van der Waals surface area (Å²) < 4.78 is 1.07. The first-order chi connectivity index (χ1) is 12.0. The zero-order chi connectivity index (χ0) is 17.6. The van der Waals surface area contributed by atoms with Crippen LogP contribution >= 0.6 is 27.5 Å². The fraction of sp³-hybridized carbons (Fsp3) is 0.476. The Kier molecular flexibility index (Phi) is 4.68. The normalized spacial score (nSPS) is 24.5. The largest absolute Gasteiger partial charge is 0.306 e. The van der Waals surface area contributed by atoms with Gasteiger partial charge in [-0.3, -0.25) is 4.98 Å². The number of hydrogen-bond acceptors (Lipinski definition) is 2. The molecule has 0 saturated carbocycles. The van der Waals surface area contributed by atoms with E-state index in [1.807, 2.05) is 6.20 Å². The molecule has 4 heteroatoms. The third-order valence-electron chi connectivity index (χ3n) is 6.25. The van der Waals surface area contributed by atoms with Crippen molar-refractivity contribution in [3.63, 3.8) is 0 Å². The van der Waals surface area contributed by atoms with Crippen LogP contribution in [0.4, 0.5) is 0 Å². The van der Waals surface area contributed by atoms with Gasteiger partial charge in [-0.15, -0.1) is 0 Å². The van der Waals surface area contributed by atoms with Crippen molar-refractivity contribution in [2.75, 3.05) is 20.1 Å². The fourth-order valence-corrected chi connectivity index (χ4v) is 5.38. The highest BCUT2D eigenvalue weighted by atomic mass is 79.9. The average Bonchev–Trinajstić information content (AvgIpc) is 2.71. The molecule has 1 fully saturated rings. The van der Waals surface area contributed by atoms with Crippen LogP contribution in [-0.4, -0.2) is 30.0 Å². The van der Waals surface area contributed by atoms with Crippen molar-refractivity contribution in [3.05, 3.63) is 62.3 Å². The standard InChI is InChI=1S/C21H24BrClN2/c1-21(16-7-9-25(2)10-8-16)19-6-5-18(23)12-14(19)3-4-15-11-17(22)13-24-20(15)21/h5-6,11-13,16H,3-4,7-10H2,1-2H3. The van der Waals surface area contributed by atoms with Crippen molar-refractivity contribution in [2.24, 2.45) is 5.92 Å². The number of fused-ring (bicyclic) bond motifs is 2. The van der Waals surface area contributed by atoms with Crippen LogP contribution in [-0.2, 0) is 18.3 Å². The fourth-order valence-electron chi connectivity index (χ4n) is 4.81. The quantitative estimate of drug-likeness (QED) is 0.628. The highest BCUT2D eigenvalue weighted by molar-refractivity contribution is 9.10. The molecule has 1 atom stereocenters. The molecule has 1 aromatic carbocycles. The molecule has 2 aliphatic rings. The number of piperidine rings is 1. The molecule has 2 heterocycles. The third-order valence-corrected chi connectivity index (χ3v) is 6.92. The predicted octanol–water partition coefficient (Wildman–Crippen LogP) is 5.24. The number of rotatable bonds is 1. The molecule has 1 aliphatic carbocycles. The second-order valence-electron chi connectivity index (χ2n) is 7.74. The Hall–Kier alpha value is -0.900. The Labute approximate surface area is 163 Å². The molecule has 1 unspecified atom stereocenters. The first-order valence-corrected chi connectivity index (χ1v) is 10.3. The van der Waals surface area contributed by atoms with E-state index in [0.29, 0.717) is 5.92 Å². The van der Waals surface area contributed by atoms with Gasteiger partial charge in [0.25, 0.3) is 0 Å². The van der Waals surface area contributed by atoms with E-state index in [-0.39, 0.29) is 5.41 Å². The van der Waals surface area contributed by atoms with Gasteiger partial charge in [0.2, 0.25) is 0 Å². The van der Waals surface area contributed by atoms with Crippen molar-refractivity contribution in [2.45, 2.75) is 38.0 Å². The van der Waals surface area contributed by atoms with E-state index in [9.17, 15) is 0 Å². The molecular formula is C21H24BrClN2. The molecule has 1 saturated heterocycles. The third kappa shape index (κ3) is 3.05. The van der Waals surface area contributed by atoms with E-state index in [1.54, 1.807) is 0 Å². The van der Waals surface area contributed by atoms with Gasteiger partial charge in [-0.25, -0.2) is 0 Å². The van der Waals surface area contributed by atoms with E-state index in [1.165, 1.54) is 35.2 Å². The van der Waals surface area contributed by atoms with Crippen LogP contribution in [0.1, 0.15) is 42.1 Å². The topological polar surface area (TPSA) is 16.1 Å². The highest BCUT2D eigenvalue weighted by Gasteiger charge is 2.43. The number of halogens is 2. The number of likely N-dealkylation sites (tertiary alicyclic amines) is 1. The summed E-state index contributed by atoms with van der Waals surface area (Å²) in [5.41, 5.74) is 5.42. The SMILES string of the molecule is CN1CCC(C2(C)c3ccc(Cl)cc3CCc3cc(Br)cnc32)CC1. The summed E-state index contributed by atoms with van der Waals surface area (Å²) in [4.78, 5) is 7.39. The first-order valence-electron chi connectivity index (χ1n) is 9.11. The number of hydrogen-bond donors (Lipinski definition) is 0. The van der Waals surface area contributed by atoms with Crippen LogP contribution in [0.15, 0.2) is 34.9 Å². The number of aromatic nitrogens is 1. The van der Waals surface area contributed by atoms with Gasteiger partial charge in [0.15, 0.2) is 0 Å². The molecule has 0 N–H and O–H groups in total. The smallest absolute Gasteiger partial charge is 0.0542 e. The van der Waals surface area contributed by atoms with E-state index in [4.69, 9.17) is 16.6 Å². The molecule has 132 valence electrons. The maximum atomic E-state index is 6.33. The molecule has 2 aromatic rings. The zero-order valence-electron chi connectivity index (χ0n) is 14.9. The Morgan fingerprint density at radius 3 is 2.64 bits per heavy atom. The Morgan fingerprint density at radius 1 is 1.16 bits per heavy atom. The van der Waals surface area contributed by atoms with Gasteiger partial charge in [-0.05, 0) is 109 Å². The van der Waals surface area contributed by atoms with Crippen LogP contribution in [0.5, 0.6) is 0 Å². The predicted molar refractivity (Wildman–Crippen MR) is 107 cm³/mol. The second kappa shape index (κ2) is 6.68. The number of aryl methyl sites for hydroxylation is 2. The van der Waals surface area contributed by atoms with Gasteiger partial charge in [-0.1, -0.05) is 17.7 Å². The van der Waals surface area contributed by atoms with Crippen molar-refractivity contribution < 1.29 is 0 Å². The summed E-state index contributed by atoms with van der Waals surface area (Å²) in [7, 11) is 2.22. The Balaban J connectivity index is 1.91. The molecule has 0 bridgehead atoms. The van der Waals surface area contributed by atoms with Crippen LogP contribution in [0, 0.1) is 5.92 Å². The van der Waals surface area contributed by atoms with Crippen LogP contribution in [0.25, 0.3) is 0 Å². The summed E-state index contributed by atoms with van der Waals surface area (Å²) in [5, 5.41) is 0.838. The van der Waals surface area contributed by atoms with E-state index >= 15 is 0 Å². The highest BCUT2D eigenvalue weighted by Crippen LogP contribution is 2.47. The molecule has 0 radical (unpaired) electrons. The first kappa shape index (κ1) is 17.5. The molecule has 0 amide bonds. The molecule has 1 aromatic heterocycles. The maximum absolute atomic E-state index is 6.33. The van der Waals surface area contributed by atoms with Crippen molar-refractivity contribution >= 4 is 27.5 Å². The summed E-state index contributed by atoms with van der Waals surface area (Å²) in [6.07, 6.45) is 6.45. The van der Waals surface area contributed by atoms with Gasteiger partial charge in [0.1, 0.15) is 0 Å². The molecule has 4 rings (SSSR count). The second-order valence-corrected chi connectivity index (χ2v) is 9.09. The lowest BCUT2D eigenvalue weighted by atomic mass is 9.64. The van der Waals surface area contributed by atoms with Gasteiger partial charge in [0, 0.05) is 21.1 Å². The lowest BCUT2D eigenvalue weighted by molar-refractivity contribution is 0.170. The summed E-state index contributed by atoms with van der Waals surface area (Å²) in [6.45, 7) is 4.74. The Morgan fingerprint density at radius 2 is 1.88 bits per heavy atom. The van der Waals surface area contributed by atoms with Gasteiger partial charge in [0.05, 0.1) is 5.69 Å². The minimum Gasteiger partial charge on any atom is -0.306 e. The zero-order valence-corrected chi connectivity index (χ0v) is 17.2. The van der Waals surface area contributed by atoms with E-state index in [2.05, 4.69) is 59.1 Å². The molecule has 0 spiro atoms.